The molecular weight excluding hydrogens is 346 g/mol. The van der Waals surface area contributed by atoms with Gasteiger partial charge < -0.3 is 10.1 Å². The molecule has 112 valence electrons. The van der Waals surface area contributed by atoms with E-state index in [1.807, 2.05) is 17.4 Å². The number of halogens is 1. The number of ether oxygens (including phenoxy) is 1. The van der Waals surface area contributed by atoms with Crippen LogP contribution in [0, 0.1) is 0 Å². The van der Waals surface area contributed by atoms with Gasteiger partial charge in [-0.3, -0.25) is 0 Å². The Bertz CT molecular complexity index is 609. The predicted molar refractivity (Wildman–Crippen MR) is 92.3 cm³/mol. The molecule has 0 aliphatic carbocycles. The van der Waals surface area contributed by atoms with Gasteiger partial charge in [0.25, 0.3) is 0 Å². The summed E-state index contributed by atoms with van der Waals surface area (Å²) in [6.07, 6.45) is 1.02. The molecule has 1 aromatic heterocycles. The summed E-state index contributed by atoms with van der Waals surface area (Å²) < 4.78 is 6.86. The average molecular weight is 366 g/mol. The summed E-state index contributed by atoms with van der Waals surface area (Å²) >= 11 is 5.39. The predicted octanol–water partition coefficient (Wildman–Crippen LogP) is 4.90. The van der Waals surface area contributed by atoms with Gasteiger partial charge in [-0.05, 0) is 29.6 Å². The molecule has 1 unspecified atom stereocenters. The Labute approximate surface area is 138 Å². The number of hydrogen-bond acceptors (Lipinski definition) is 3. The lowest BCUT2D eigenvalue weighted by Gasteiger charge is -2.31. The number of hydrogen-bond donors (Lipinski definition) is 1. The Morgan fingerprint density at radius 1 is 1.38 bits per heavy atom. The van der Waals surface area contributed by atoms with Crippen molar-refractivity contribution in [2.24, 2.45) is 0 Å². The molecule has 0 bridgehead atoms. The van der Waals surface area contributed by atoms with Gasteiger partial charge in [0, 0.05) is 39.3 Å². The van der Waals surface area contributed by atoms with Gasteiger partial charge in [-0.25, -0.2) is 0 Å². The average Bonchev–Trinajstić information content (AvgIpc) is 3.00. The number of rotatable bonds is 4. The molecule has 1 N–H and O–H groups in total. The van der Waals surface area contributed by atoms with Gasteiger partial charge >= 0.3 is 0 Å². The van der Waals surface area contributed by atoms with E-state index in [2.05, 4.69) is 64.7 Å². The van der Waals surface area contributed by atoms with Crippen molar-refractivity contribution in [2.75, 3.05) is 13.2 Å². The standard InChI is InChI=1S/C17H20BrNOS/c1-17(2,16-4-3-9-21-16)11-19-14-7-8-20-15-6-5-12(18)10-13(14)15/h3-6,9-10,14,19H,7-8,11H2,1-2H3. The fraction of sp³-hybridized carbons (Fsp3) is 0.412. The zero-order chi connectivity index (χ0) is 14.9. The molecule has 1 atom stereocenters. The maximum Gasteiger partial charge on any atom is 0.124 e. The first-order valence-corrected chi connectivity index (χ1v) is 8.93. The van der Waals surface area contributed by atoms with Crippen LogP contribution >= 0.6 is 27.3 Å². The highest BCUT2D eigenvalue weighted by molar-refractivity contribution is 9.10. The molecular formula is C17H20BrNOS. The monoisotopic (exact) mass is 365 g/mol. The number of nitrogens with one attached hydrogen (secondary N) is 1. The summed E-state index contributed by atoms with van der Waals surface area (Å²) in [6.45, 7) is 6.34. The topological polar surface area (TPSA) is 21.3 Å². The van der Waals surface area contributed by atoms with Crippen molar-refractivity contribution in [3.8, 4) is 5.75 Å². The van der Waals surface area contributed by atoms with Crippen molar-refractivity contribution in [2.45, 2.75) is 31.7 Å². The second kappa shape index (κ2) is 6.11. The second-order valence-corrected chi connectivity index (χ2v) is 7.98. The van der Waals surface area contributed by atoms with Gasteiger partial charge in [0.05, 0.1) is 6.61 Å². The lowest BCUT2D eigenvalue weighted by Crippen LogP contribution is -2.36. The summed E-state index contributed by atoms with van der Waals surface area (Å²) in [5, 5.41) is 5.89. The molecule has 0 amide bonds. The van der Waals surface area contributed by atoms with E-state index < -0.39 is 0 Å². The lowest BCUT2D eigenvalue weighted by molar-refractivity contribution is 0.247. The molecule has 0 fully saturated rings. The van der Waals surface area contributed by atoms with E-state index in [9.17, 15) is 0 Å². The zero-order valence-electron chi connectivity index (χ0n) is 12.4. The van der Waals surface area contributed by atoms with Crippen molar-refractivity contribution in [3.63, 3.8) is 0 Å². The summed E-state index contributed by atoms with van der Waals surface area (Å²) in [4.78, 5) is 1.43. The second-order valence-electron chi connectivity index (χ2n) is 6.11. The molecule has 0 spiro atoms. The number of benzene rings is 1. The van der Waals surface area contributed by atoms with E-state index in [-0.39, 0.29) is 5.41 Å². The largest absolute Gasteiger partial charge is 0.493 e. The van der Waals surface area contributed by atoms with E-state index in [0.29, 0.717) is 6.04 Å². The van der Waals surface area contributed by atoms with Crippen LogP contribution < -0.4 is 10.1 Å². The van der Waals surface area contributed by atoms with Gasteiger partial charge in [0.2, 0.25) is 0 Å². The van der Waals surface area contributed by atoms with Gasteiger partial charge in [-0.1, -0.05) is 35.8 Å². The molecule has 0 radical (unpaired) electrons. The molecule has 2 aromatic rings. The van der Waals surface area contributed by atoms with E-state index in [1.165, 1.54) is 10.4 Å². The Hall–Kier alpha value is -0.840. The maximum absolute atomic E-state index is 5.75. The van der Waals surface area contributed by atoms with Crippen LogP contribution in [0.1, 0.15) is 36.8 Å². The molecule has 0 saturated heterocycles. The normalized spacial score (nSPS) is 18.1. The van der Waals surface area contributed by atoms with Crippen molar-refractivity contribution in [3.05, 3.63) is 50.6 Å². The first kappa shape index (κ1) is 15.1. The van der Waals surface area contributed by atoms with Gasteiger partial charge in [-0.15, -0.1) is 11.3 Å². The van der Waals surface area contributed by atoms with Crippen LogP contribution in [-0.2, 0) is 5.41 Å². The lowest BCUT2D eigenvalue weighted by atomic mass is 9.90. The fourth-order valence-corrected chi connectivity index (χ4v) is 3.94. The minimum Gasteiger partial charge on any atom is -0.493 e. The van der Waals surface area contributed by atoms with Gasteiger partial charge in [0.1, 0.15) is 5.75 Å². The molecule has 21 heavy (non-hydrogen) atoms. The van der Waals surface area contributed by atoms with Crippen molar-refractivity contribution < 1.29 is 4.74 Å². The molecule has 0 saturated carbocycles. The molecule has 2 heterocycles. The van der Waals surface area contributed by atoms with Crippen LogP contribution in [0.5, 0.6) is 5.75 Å². The zero-order valence-corrected chi connectivity index (χ0v) is 14.8. The van der Waals surface area contributed by atoms with Crippen LogP contribution in [0.2, 0.25) is 0 Å². The third kappa shape index (κ3) is 3.33. The fourth-order valence-electron chi connectivity index (χ4n) is 2.71. The van der Waals surface area contributed by atoms with Gasteiger partial charge in [0.15, 0.2) is 0 Å². The molecule has 1 aliphatic heterocycles. The smallest absolute Gasteiger partial charge is 0.124 e. The van der Waals surface area contributed by atoms with Crippen LogP contribution in [0.15, 0.2) is 40.2 Å². The summed E-state index contributed by atoms with van der Waals surface area (Å²) in [5.41, 5.74) is 1.41. The molecule has 3 rings (SSSR count). The Morgan fingerprint density at radius 2 is 2.24 bits per heavy atom. The molecule has 2 nitrogen and oxygen atoms in total. The minimum absolute atomic E-state index is 0.151. The molecule has 4 heteroatoms. The van der Waals surface area contributed by atoms with Crippen LogP contribution in [0.4, 0.5) is 0 Å². The van der Waals surface area contributed by atoms with Crippen LogP contribution in [0.3, 0.4) is 0 Å². The first-order valence-electron chi connectivity index (χ1n) is 7.26. The minimum atomic E-state index is 0.151. The Morgan fingerprint density at radius 3 is 3.00 bits per heavy atom. The highest BCUT2D eigenvalue weighted by Crippen LogP contribution is 2.35. The maximum atomic E-state index is 5.75. The van der Waals surface area contributed by atoms with E-state index in [1.54, 1.807) is 0 Å². The van der Waals surface area contributed by atoms with Crippen LogP contribution in [-0.4, -0.2) is 13.2 Å². The third-order valence-corrected chi connectivity index (χ3v) is 5.72. The van der Waals surface area contributed by atoms with E-state index in [0.717, 1.165) is 29.8 Å². The van der Waals surface area contributed by atoms with E-state index >= 15 is 0 Å². The van der Waals surface area contributed by atoms with Crippen molar-refractivity contribution in [1.29, 1.82) is 0 Å². The first-order chi connectivity index (χ1) is 10.1. The van der Waals surface area contributed by atoms with Crippen LogP contribution in [0.25, 0.3) is 0 Å². The Kier molecular flexibility index (Phi) is 4.38. The van der Waals surface area contributed by atoms with E-state index in [4.69, 9.17) is 4.74 Å². The summed E-state index contributed by atoms with van der Waals surface area (Å²) in [7, 11) is 0. The van der Waals surface area contributed by atoms with Crippen molar-refractivity contribution >= 4 is 27.3 Å². The summed E-state index contributed by atoms with van der Waals surface area (Å²) in [5.74, 6) is 1.01. The number of thiophene rings is 1. The quantitative estimate of drug-likeness (QED) is 0.831. The van der Waals surface area contributed by atoms with Crippen molar-refractivity contribution in [1.82, 2.24) is 5.32 Å². The number of fused-ring (bicyclic) bond motifs is 1. The SMILES string of the molecule is CC(C)(CNC1CCOc2ccc(Br)cc21)c1cccs1. The van der Waals surface area contributed by atoms with Gasteiger partial charge in [-0.2, -0.15) is 0 Å². The molecule has 1 aliphatic rings. The summed E-state index contributed by atoms with van der Waals surface area (Å²) in [6, 6.07) is 11.0. The highest BCUT2D eigenvalue weighted by Gasteiger charge is 2.26. The third-order valence-electron chi connectivity index (χ3n) is 3.99. The Balaban J connectivity index is 1.74. The molecule has 1 aromatic carbocycles. The highest BCUT2D eigenvalue weighted by atomic mass is 79.9.